The van der Waals surface area contributed by atoms with E-state index in [-0.39, 0.29) is 18.2 Å². The van der Waals surface area contributed by atoms with Crippen LogP contribution in [0.4, 0.5) is 0 Å². The highest BCUT2D eigenvalue weighted by molar-refractivity contribution is 5.76. The number of phenols is 1. The van der Waals surface area contributed by atoms with E-state index in [1.54, 1.807) is 10.7 Å². The molecule has 24 heavy (non-hydrogen) atoms. The molecule has 3 rings (SSSR count). The summed E-state index contributed by atoms with van der Waals surface area (Å²) >= 11 is 0. The smallest absolute Gasteiger partial charge is 0.241 e. The van der Waals surface area contributed by atoms with Crippen LogP contribution < -0.4 is 5.32 Å². The Labute approximate surface area is 142 Å². The fourth-order valence-electron chi connectivity index (χ4n) is 2.85. The molecule has 1 saturated carbocycles. The molecule has 0 unspecified atom stereocenters. The Morgan fingerprint density at radius 3 is 2.88 bits per heavy atom. The molecule has 1 fully saturated rings. The van der Waals surface area contributed by atoms with Gasteiger partial charge in [0.2, 0.25) is 5.91 Å². The molecule has 2 aromatic rings. The first-order chi connectivity index (χ1) is 11.6. The van der Waals surface area contributed by atoms with Crippen molar-refractivity contribution in [3.8, 4) is 17.0 Å². The van der Waals surface area contributed by atoms with Crippen molar-refractivity contribution in [1.29, 1.82) is 0 Å². The van der Waals surface area contributed by atoms with Crippen LogP contribution in [0.5, 0.6) is 5.75 Å². The highest BCUT2D eigenvalue weighted by Gasteiger charge is 2.29. The fraction of sp³-hybridized carbons (Fsp3) is 0.474. The Morgan fingerprint density at radius 1 is 1.38 bits per heavy atom. The van der Waals surface area contributed by atoms with Crippen LogP contribution in [0.25, 0.3) is 11.3 Å². The zero-order valence-corrected chi connectivity index (χ0v) is 14.4. The molecule has 5 nitrogen and oxygen atoms in total. The summed E-state index contributed by atoms with van der Waals surface area (Å²) in [6.07, 6.45) is 4.33. The molecule has 1 aromatic heterocycles. The number of rotatable bonds is 7. The first-order valence-electron chi connectivity index (χ1n) is 8.73. The predicted molar refractivity (Wildman–Crippen MR) is 94.0 cm³/mol. The first-order valence-corrected chi connectivity index (χ1v) is 8.73. The average molecular weight is 327 g/mol. The lowest BCUT2D eigenvalue weighted by Gasteiger charge is -2.07. The van der Waals surface area contributed by atoms with E-state index in [1.165, 1.54) is 0 Å². The largest absolute Gasteiger partial charge is 0.507 e. The number of nitrogens with one attached hydrogen (secondary N) is 1. The molecule has 0 bridgehead atoms. The number of hydrogen-bond acceptors (Lipinski definition) is 3. The van der Waals surface area contributed by atoms with Crippen molar-refractivity contribution in [3.05, 3.63) is 35.5 Å². The maximum Gasteiger partial charge on any atom is 0.241 e. The van der Waals surface area contributed by atoms with Gasteiger partial charge in [0.1, 0.15) is 12.3 Å². The van der Waals surface area contributed by atoms with Crippen LogP contribution in [0.15, 0.2) is 24.3 Å². The molecule has 2 N–H and O–H groups in total. The lowest BCUT2D eigenvalue weighted by atomic mass is 10.1. The minimum atomic E-state index is -0.00605. The normalized spacial score (nSPS) is 13.9. The van der Waals surface area contributed by atoms with Crippen LogP contribution in [0, 0.1) is 6.92 Å². The number of aromatic hydroxyl groups is 1. The third-order valence-corrected chi connectivity index (χ3v) is 4.38. The summed E-state index contributed by atoms with van der Waals surface area (Å²) in [5.41, 5.74) is 3.63. The van der Waals surface area contributed by atoms with Gasteiger partial charge >= 0.3 is 0 Å². The van der Waals surface area contributed by atoms with Crippen LogP contribution in [0.1, 0.15) is 49.8 Å². The molecule has 1 heterocycles. The van der Waals surface area contributed by atoms with Gasteiger partial charge in [-0.25, -0.2) is 0 Å². The standard InChI is InChI=1S/C19H25N3O2/c1-3-4-9-20-19(24)12-22-17(14-6-7-14)11-16(21-22)15-10-13(2)5-8-18(15)23/h5,8,10-11,14,23H,3-4,6-7,9,12H2,1-2H3,(H,20,24). The van der Waals surface area contributed by atoms with Gasteiger partial charge in [-0.3, -0.25) is 9.48 Å². The molecule has 0 saturated heterocycles. The van der Waals surface area contributed by atoms with Crippen molar-refractivity contribution in [2.45, 2.75) is 52.0 Å². The SMILES string of the molecule is CCCCNC(=O)Cn1nc(-c2cc(C)ccc2O)cc1C1CC1. The van der Waals surface area contributed by atoms with E-state index in [1.807, 2.05) is 25.1 Å². The summed E-state index contributed by atoms with van der Waals surface area (Å²) in [5, 5.41) is 17.7. The lowest BCUT2D eigenvalue weighted by Crippen LogP contribution is -2.29. The summed E-state index contributed by atoms with van der Waals surface area (Å²) in [6, 6.07) is 7.52. The zero-order valence-electron chi connectivity index (χ0n) is 14.4. The van der Waals surface area contributed by atoms with E-state index in [4.69, 9.17) is 0 Å². The number of unbranched alkanes of at least 4 members (excludes halogenated alkanes) is 1. The molecular formula is C19H25N3O2. The maximum absolute atomic E-state index is 12.1. The Kier molecular flexibility index (Phi) is 4.88. The van der Waals surface area contributed by atoms with Crippen molar-refractivity contribution >= 4 is 5.91 Å². The Morgan fingerprint density at radius 2 is 2.17 bits per heavy atom. The van der Waals surface area contributed by atoms with Crippen molar-refractivity contribution in [3.63, 3.8) is 0 Å². The van der Waals surface area contributed by atoms with Gasteiger partial charge in [0.15, 0.2) is 0 Å². The third kappa shape index (κ3) is 3.78. The van der Waals surface area contributed by atoms with Crippen LogP contribution >= 0.6 is 0 Å². The van der Waals surface area contributed by atoms with Crippen LogP contribution in [0.3, 0.4) is 0 Å². The summed E-state index contributed by atoms with van der Waals surface area (Å²) in [7, 11) is 0. The van der Waals surface area contributed by atoms with Gasteiger partial charge in [-0.05, 0) is 44.4 Å². The van der Waals surface area contributed by atoms with Gasteiger partial charge in [0, 0.05) is 23.7 Å². The van der Waals surface area contributed by atoms with E-state index in [0.717, 1.165) is 48.2 Å². The van der Waals surface area contributed by atoms with E-state index in [0.29, 0.717) is 12.5 Å². The number of benzene rings is 1. The van der Waals surface area contributed by atoms with Crippen LogP contribution in [-0.4, -0.2) is 27.3 Å². The molecule has 0 aliphatic heterocycles. The Bertz CT molecular complexity index is 732. The molecular weight excluding hydrogens is 302 g/mol. The molecule has 5 heteroatoms. The molecule has 0 atom stereocenters. The predicted octanol–water partition coefficient (Wildman–Crippen LogP) is 3.36. The average Bonchev–Trinajstić information content (AvgIpc) is 3.31. The summed E-state index contributed by atoms with van der Waals surface area (Å²) in [4.78, 5) is 12.1. The minimum Gasteiger partial charge on any atom is -0.507 e. The third-order valence-electron chi connectivity index (χ3n) is 4.38. The molecule has 1 aromatic carbocycles. The van der Waals surface area contributed by atoms with Crippen molar-refractivity contribution < 1.29 is 9.90 Å². The second-order valence-electron chi connectivity index (χ2n) is 6.61. The molecule has 1 aliphatic carbocycles. The number of carbonyl (C=O) groups excluding carboxylic acids is 1. The van der Waals surface area contributed by atoms with Crippen molar-refractivity contribution in [2.24, 2.45) is 0 Å². The molecule has 1 aliphatic rings. The van der Waals surface area contributed by atoms with Crippen molar-refractivity contribution in [2.75, 3.05) is 6.54 Å². The van der Waals surface area contributed by atoms with Gasteiger partial charge in [-0.15, -0.1) is 0 Å². The molecule has 128 valence electrons. The lowest BCUT2D eigenvalue weighted by molar-refractivity contribution is -0.121. The molecule has 1 amide bonds. The van der Waals surface area contributed by atoms with Crippen molar-refractivity contribution in [1.82, 2.24) is 15.1 Å². The van der Waals surface area contributed by atoms with E-state index in [9.17, 15) is 9.90 Å². The fourth-order valence-corrected chi connectivity index (χ4v) is 2.85. The van der Waals surface area contributed by atoms with Gasteiger partial charge in [0.05, 0.1) is 5.69 Å². The number of aryl methyl sites for hydroxylation is 1. The van der Waals surface area contributed by atoms with Gasteiger partial charge < -0.3 is 10.4 Å². The zero-order chi connectivity index (χ0) is 17.1. The topological polar surface area (TPSA) is 67.2 Å². The highest BCUT2D eigenvalue weighted by atomic mass is 16.3. The van der Waals surface area contributed by atoms with E-state index < -0.39 is 0 Å². The van der Waals surface area contributed by atoms with Gasteiger partial charge in [-0.2, -0.15) is 5.10 Å². The van der Waals surface area contributed by atoms with E-state index >= 15 is 0 Å². The van der Waals surface area contributed by atoms with E-state index in [2.05, 4.69) is 17.3 Å². The minimum absolute atomic E-state index is 0.00605. The van der Waals surface area contributed by atoms with Gasteiger partial charge in [0.25, 0.3) is 0 Å². The van der Waals surface area contributed by atoms with Gasteiger partial charge in [-0.1, -0.05) is 25.0 Å². The number of phenolic OH excluding ortho intramolecular Hbond substituents is 1. The summed E-state index contributed by atoms with van der Waals surface area (Å²) in [5.74, 6) is 0.704. The summed E-state index contributed by atoms with van der Waals surface area (Å²) in [6.45, 7) is 5.04. The second kappa shape index (κ2) is 7.07. The number of nitrogens with zero attached hydrogens (tertiary/aromatic N) is 2. The quantitative estimate of drug-likeness (QED) is 0.766. The Balaban J connectivity index is 1.83. The van der Waals surface area contributed by atoms with Crippen LogP contribution in [-0.2, 0) is 11.3 Å². The van der Waals surface area contributed by atoms with Crippen LogP contribution in [0.2, 0.25) is 0 Å². The maximum atomic E-state index is 12.1. The first kappa shape index (κ1) is 16.6. The molecule has 0 radical (unpaired) electrons. The highest BCUT2D eigenvalue weighted by Crippen LogP contribution is 2.42. The number of aromatic nitrogens is 2. The monoisotopic (exact) mass is 327 g/mol. The number of hydrogen-bond donors (Lipinski definition) is 2. The second-order valence-corrected chi connectivity index (χ2v) is 6.61. The molecule has 0 spiro atoms. The Hall–Kier alpha value is -2.30. The number of amides is 1. The summed E-state index contributed by atoms with van der Waals surface area (Å²) < 4.78 is 1.80. The number of carbonyl (C=O) groups is 1.